The molecule has 1 aliphatic heterocycles. The van der Waals surface area contributed by atoms with Gasteiger partial charge in [-0.15, -0.1) is 0 Å². The lowest BCUT2D eigenvalue weighted by Crippen LogP contribution is -2.44. The third kappa shape index (κ3) is 2.20. The second-order valence-corrected chi connectivity index (χ2v) is 6.49. The summed E-state index contributed by atoms with van der Waals surface area (Å²) in [6.45, 7) is 1.93. The van der Waals surface area contributed by atoms with Crippen LogP contribution in [0.25, 0.3) is 11.0 Å². The van der Waals surface area contributed by atoms with Crippen molar-refractivity contribution in [3.63, 3.8) is 0 Å². The van der Waals surface area contributed by atoms with Gasteiger partial charge in [-0.1, -0.05) is 19.3 Å². The summed E-state index contributed by atoms with van der Waals surface area (Å²) in [5.41, 5.74) is 0.724. The molecule has 7 heteroatoms. The van der Waals surface area contributed by atoms with E-state index >= 15 is 0 Å². The lowest BCUT2D eigenvalue weighted by molar-refractivity contribution is 0.267. The molecule has 0 unspecified atom stereocenters. The summed E-state index contributed by atoms with van der Waals surface area (Å²) >= 11 is 0. The van der Waals surface area contributed by atoms with Gasteiger partial charge in [0.25, 0.3) is 5.56 Å². The Morgan fingerprint density at radius 1 is 1.24 bits per heavy atom. The second kappa shape index (κ2) is 4.98. The minimum absolute atomic E-state index is 0.0494. The van der Waals surface area contributed by atoms with E-state index in [4.69, 9.17) is 4.98 Å². The quantitative estimate of drug-likeness (QED) is 0.819. The van der Waals surface area contributed by atoms with E-state index in [1.807, 2.05) is 4.68 Å². The molecular formula is C14H20BN5O. The van der Waals surface area contributed by atoms with Gasteiger partial charge in [-0.25, -0.2) is 9.67 Å². The summed E-state index contributed by atoms with van der Waals surface area (Å²) in [5, 5.41) is 5.09. The first-order valence-corrected chi connectivity index (χ1v) is 7.88. The number of nitrogens with one attached hydrogen (secondary N) is 1. The minimum Gasteiger partial charge on any atom is -0.347 e. The van der Waals surface area contributed by atoms with Crippen LogP contribution in [0, 0.1) is 0 Å². The highest BCUT2D eigenvalue weighted by Gasteiger charge is 2.28. The molecule has 0 atom stereocenters. The maximum absolute atomic E-state index is 12.3. The van der Waals surface area contributed by atoms with Crippen LogP contribution in [0.4, 0.5) is 0 Å². The van der Waals surface area contributed by atoms with Crippen molar-refractivity contribution in [3.05, 3.63) is 22.4 Å². The third-order valence-corrected chi connectivity index (χ3v) is 4.85. The SMILES string of the molecule is BN1CC(c2nc3c(cnn3C3CCCCC3)c(=O)[nH]2)C1. The van der Waals surface area contributed by atoms with Crippen LogP contribution in [0.1, 0.15) is 49.9 Å². The van der Waals surface area contributed by atoms with Crippen LogP contribution < -0.4 is 5.56 Å². The van der Waals surface area contributed by atoms with Crippen molar-refractivity contribution in [2.24, 2.45) is 0 Å². The summed E-state index contributed by atoms with van der Waals surface area (Å²) in [6, 6.07) is 0.405. The Labute approximate surface area is 124 Å². The Bertz CT molecular complexity index is 712. The largest absolute Gasteiger partial charge is 0.347 e. The molecule has 1 N–H and O–H groups in total. The van der Waals surface area contributed by atoms with Crippen molar-refractivity contribution in [3.8, 4) is 0 Å². The molecule has 21 heavy (non-hydrogen) atoms. The topological polar surface area (TPSA) is 66.8 Å². The van der Waals surface area contributed by atoms with Crippen LogP contribution in [-0.4, -0.2) is 45.6 Å². The summed E-state index contributed by atoms with van der Waals surface area (Å²) in [5.74, 6) is 1.17. The molecule has 2 fully saturated rings. The maximum atomic E-state index is 12.3. The van der Waals surface area contributed by atoms with E-state index in [1.54, 1.807) is 6.20 Å². The fraction of sp³-hybridized carbons (Fsp3) is 0.643. The van der Waals surface area contributed by atoms with E-state index in [9.17, 15) is 4.79 Å². The van der Waals surface area contributed by atoms with Gasteiger partial charge >= 0.3 is 0 Å². The molecule has 1 saturated carbocycles. The molecule has 2 aromatic heterocycles. The van der Waals surface area contributed by atoms with E-state index in [2.05, 4.69) is 22.9 Å². The Morgan fingerprint density at radius 2 is 2.00 bits per heavy atom. The average molecular weight is 285 g/mol. The van der Waals surface area contributed by atoms with E-state index in [1.165, 1.54) is 19.3 Å². The van der Waals surface area contributed by atoms with E-state index in [-0.39, 0.29) is 5.56 Å². The van der Waals surface area contributed by atoms with Crippen LogP contribution >= 0.6 is 0 Å². The first-order chi connectivity index (χ1) is 10.2. The van der Waals surface area contributed by atoms with Crippen molar-refractivity contribution in [2.75, 3.05) is 13.1 Å². The van der Waals surface area contributed by atoms with Gasteiger partial charge in [0.05, 0.1) is 12.2 Å². The van der Waals surface area contributed by atoms with Crippen LogP contribution in [0.15, 0.2) is 11.0 Å². The minimum atomic E-state index is -0.0494. The number of rotatable bonds is 2. The maximum Gasteiger partial charge on any atom is 0.262 e. The van der Waals surface area contributed by atoms with Gasteiger partial charge in [0.2, 0.25) is 0 Å². The normalized spacial score (nSPS) is 21.7. The van der Waals surface area contributed by atoms with Gasteiger partial charge in [-0.3, -0.25) is 4.79 Å². The molecular weight excluding hydrogens is 265 g/mol. The molecule has 0 radical (unpaired) electrons. The molecule has 0 spiro atoms. The summed E-state index contributed by atoms with van der Waals surface area (Å²) in [7, 11) is 2.08. The summed E-state index contributed by atoms with van der Waals surface area (Å²) < 4.78 is 2.00. The molecule has 1 aliphatic carbocycles. The zero-order valence-electron chi connectivity index (χ0n) is 12.4. The van der Waals surface area contributed by atoms with Crippen LogP contribution in [0.3, 0.4) is 0 Å². The predicted molar refractivity (Wildman–Crippen MR) is 83.1 cm³/mol. The number of hydrogen-bond donors (Lipinski definition) is 1. The molecule has 0 amide bonds. The van der Waals surface area contributed by atoms with E-state index in [0.29, 0.717) is 17.3 Å². The molecule has 0 bridgehead atoms. The van der Waals surface area contributed by atoms with Gasteiger partial charge in [-0.2, -0.15) is 5.10 Å². The second-order valence-electron chi connectivity index (χ2n) is 6.49. The highest BCUT2D eigenvalue weighted by Crippen LogP contribution is 2.30. The van der Waals surface area contributed by atoms with Crippen molar-refractivity contribution in [2.45, 2.75) is 44.1 Å². The van der Waals surface area contributed by atoms with Gasteiger partial charge < -0.3 is 9.79 Å². The summed E-state index contributed by atoms with van der Waals surface area (Å²) in [6.07, 6.45) is 7.76. The molecule has 0 aromatic carbocycles. The lowest BCUT2D eigenvalue weighted by Gasteiger charge is -2.35. The smallest absolute Gasteiger partial charge is 0.262 e. The zero-order chi connectivity index (χ0) is 14.4. The van der Waals surface area contributed by atoms with Crippen molar-refractivity contribution in [1.29, 1.82) is 0 Å². The molecule has 2 aromatic rings. The van der Waals surface area contributed by atoms with Crippen molar-refractivity contribution in [1.82, 2.24) is 24.6 Å². The molecule has 110 valence electrons. The van der Waals surface area contributed by atoms with Crippen LogP contribution in [0.5, 0.6) is 0 Å². The number of aromatic amines is 1. The first kappa shape index (κ1) is 13.1. The lowest BCUT2D eigenvalue weighted by atomic mass is 9.95. The molecule has 2 aliphatic rings. The highest BCUT2D eigenvalue weighted by atomic mass is 16.1. The van der Waals surface area contributed by atoms with Crippen molar-refractivity contribution >= 4 is 19.0 Å². The van der Waals surface area contributed by atoms with Crippen LogP contribution in [0.2, 0.25) is 0 Å². The van der Waals surface area contributed by atoms with Gasteiger partial charge in [-0.05, 0) is 25.9 Å². The molecule has 4 rings (SSSR count). The fourth-order valence-electron chi connectivity index (χ4n) is 3.61. The molecule has 6 nitrogen and oxygen atoms in total. The Balaban J connectivity index is 1.76. The predicted octanol–water partition coefficient (Wildman–Crippen LogP) is 0.572. The van der Waals surface area contributed by atoms with Gasteiger partial charge in [0.15, 0.2) is 13.6 Å². The Kier molecular flexibility index (Phi) is 3.10. The number of fused-ring (bicyclic) bond motifs is 1. The Hall–Kier alpha value is -1.63. The zero-order valence-corrected chi connectivity index (χ0v) is 12.4. The third-order valence-electron chi connectivity index (χ3n) is 4.85. The first-order valence-electron chi connectivity index (χ1n) is 7.88. The van der Waals surface area contributed by atoms with E-state index in [0.717, 1.165) is 37.4 Å². The van der Waals surface area contributed by atoms with Crippen molar-refractivity contribution < 1.29 is 0 Å². The fourth-order valence-corrected chi connectivity index (χ4v) is 3.61. The summed E-state index contributed by atoms with van der Waals surface area (Å²) in [4.78, 5) is 22.2. The number of nitrogens with zero attached hydrogens (tertiary/aromatic N) is 4. The average Bonchev–Trinajstić information content (AvgIpc) is 2.89. The standard InChI is InChI=1S/C14H20BN5O/c15-19-7-9(8-19)12-17-13-11(14(21)18-12)6-16-20(13)10-4-2-1-3-5-10/h6,9-10H,1-5,7-8,15H2,(H,17,18,21). The molecule has 1 saturated heterocycles. The highest BCUT2D eigenvalue weighted by molar-refractivity contribution is 6.05. The number of hydrogen-bond acceptors (Lipinski definition) is 4. The molecule has 3 heterocycles. The monoisotopic (exact) mass is 285 g/mol. The number of aromatic nitrogens is 4. The van der Waals surface area contributed by atoms with Gasteiger partial charge in [0.1, 0.15) is 11.2 Å². The van der Waals surface area contributed by atoms with Crippen LogP contribution in [-0.2, 0) is 0 Å². The Morgan fingerprint density at radius 3 is 2.71 bits per heavy atom. The van der Waals surface area contributed by atoms with Gasteiger partial charge in [0, 0.05) is 5.92 Å². The van der Waals surface area contributed by atoms with E-state index < -0.39 is 0 Å². The number of H-pyrrole nitrogens is 1.